The van der Waals surface area contributed by atoms with Gasteiger partial charge in [0.1, 0.15) is 0 Å². The van der Waals surface area contributed by atoms with Crippen LogP contribution >= 0.6 is 0 Å². The van der Waals surface area contributed by atoms with Gasteiger partial charge in [-0.3, -0.25) is 4.99 Å². The molecule has 0 aromatic heterocycles. The van der Waals surface area contributed by atoms with Crippen LogP contribution in [0.4, 0.5) is 0 Å². The van der Waals surface area contributed by atoms with Crippen LogP contribution in [0.2, 0.25) is 0 Å². The van der Waals surface area contributed by atoms with E-state index in [1.54, 1.807) is 0 Å². The highest BCUT2D eigenvalue weighted by Gasteiger charge is 2.33. The van der Waals surface area contributed by atoms with Gasteiger partial charge >= 0.3 is 0 Å². The van der Waals surface area contributed by atoms with Gasteiger partial charge in [0, 0.05) is 18.0 Å². The van der Waals surface area contributed by atoms with Crippen molar-refractivity contribution in [1.82, 2.24) is 10.6 Å². The molecular formula is C17H33N3O. The van der Waals surface area contributed by atoms with Gasteiger partial charge in [0.2, 0.25) is 0 Å². The maximum absolute atomic E-state index is 5.30. The van der Waals surface area contributed by atoms with Crippen LogP contribution in [0.3, 0.4) is 0 Å². The monoisotopic (exact) mass is 295 g/mol. The summed E-state index contributed by atoms with van der Waals surface area (Å²) < 4.78 is 5.30. The Morgan fingerprint density at radius 1 is 1.24 bits per heavy atom. The summed E-state index contributed by atoms with van der Waals surface area (Å²) in [5.41, 5.74) is 0.248. The lowest BCUT2D eigenvalue weighted by molar-refractivity contribution is -0.0945. The van der Waals surface area contributed by atoms with E-state index in [1.807, 2.05) is 0 Å². The Kier molecular flexibility index (Phi) is 5.91. The quantitative estimate of drug-likeness (QED) is 0.605. The molecule has 0 aromatic rings. The first kappa shape index (κ1) is 16.6. The smallest absolute Gasteiger partial charge is 0.191 e. The van der Waals surface area contributed by atoms with Gasteiger partial charge in [-0.05, 0) is 44.4 Å². The molecule has 21 heavy (non-hydrogen) atoms. The molecule has 4 nitrogen and oxygen atoms in total. The van der Waals surface area contributed by atoms with Gasteiger partial charge in [-0.25, -0.2) is 0 Å². The number of aliphatic imine (C=N–C) groups is 1. The van der Waals surface area contributed by atoms with Crippen LogP contribution in [-0.2, 0) is 4.74 Å². The van der Waals surface area contributed by atoms with Gasteiger partial charge < -0.3 is 15.4 Å². The number of hydrogen-bond donors (Lipinski definition) is 2. The summed E-state index contributed by atoms with van der Waals surface area (Å²) in [4.78, 5) is 4.77. The Morgan fingerprint density at radius 2 is 1.90 bits per heavy atom. The third-order valence-electron chi connectivity index (χ3n) is 4.92. The van der Waals surface area contributed by atoms with E-state index >= 15 is 0 Å². The Bertz CT molecular complexity index is 342. The summed E-state index contributed by atoms with van der Waals surface area (Å²) in [6.07, 6.45) is 5.24. The van der Waals surface area contributed by atoms with Crippen LogP contribution in [0, 0.1) is 17.3 Å². The SMILES string of the molecule is CCNC(=NCC1(C)COC1)NC1CCC(C(C)C)CC1. The fourth-order valence-electron chi connectivity index (χ4n) is 3.26. The largest absolute Gasteiger partial charge is 0.380 e. The summed E-state index contributed by atoms with van der Waals surface area (Å²) in [5, 5.41) is 7.02. The third kappa shape index (κ3) is 4.87. The molecule has 1 heterocycles. The molecule has 0 aromatic carbocycles. The molecule has 1 saturated carbocycles. The van der Waals surface area contributed by atoms with E-state index in [2.05, 4.69) is 38.3 Å². The summed E-state index contributed by atoms with van der Waals surface area (Å²) in [7, 11) is 0. The van der Waals surface area contributed by atoms with Crippen molar-refractivity contribution in [3.63, 3.8) is 0 Å². The number of nitrogens with zero attached hydrogens (tertiary/aromatic N) is 1. The minimum Gasteiger partial charge on any atom is -0.380 e. The molecule has 0 atom stereocenters. The second-order valence-corrected chi connectivity index (χ2v) is 7.50. The fourth-order valence-corrected chi connectivity index (χ4v) is 3.26. The van der Waals surface area contributed by atoms with Gasteiger partial charge in [-0.1, -0.05) is 20.8 Å². The number of nitrogens with one attached hydrogen (secondary N) is 2. The minimum absolute atomic E-state index is 0.248. The zero-order valence-electron chi connectivity index (χ0n) is 14.2. The van der Waals surface area contributed by atoms with Crippen LogP contribution in [0.25, 0.3) is 0 Å². The van der Waals surface area contributed by atoms with Gasteiger partial charge in [0.05, 0.1) is 19.8 Å². The van der Waals surface area contributed by atoms with E-state index in [9.17, 15) is 0 Å². The van der Waals surface area contributed by atoms with E-state index in [-0.39, 0.29) is 5.41 Å². The van der Waals surface area contributed by atoms with Crippen LogP contribution in [0.15, 0.2) is 4.99 Å². The van der Waals surface area contributed by atoms with Crippen molar-refractivity contribution in [2.24, 2.45) is 22.2 Å². The second kappa shape index (κ2) is 7.48. The molecule has 0 spiro atoms. The molecule has 4 heteroatoms. The molecule has 0 radical (unpaired) electrons. The highest BCUT2D eigenvalue weighted by molar-refractivity contribution is 5.80. The summed E-state index contributed by atoms with van der Waals surface area (Å²) in [5.74, 6) is 2.72. The zero-order chi connectivity index (χ0) is 15.3. The number of guanidine groups is 1. The third-order valence-corrected chi connectivity index (χ3v) is 4.92. The van der Waals surface area contributed by atoms with E-state index in [0.717, 1.165) is 44.1 Å². The van der Waals surface area contributed by atoms with Crippen LogP contribution in [-0.4, -0.2) is 38.3 Å². The molecule has 1 saturated heterocycles. The molecule has 2 N–H and O–H groups in total. The molecule has 1 aliphatic carbocycles. The first-order valence-corrected chi connectivity index (χ1v) is 8.65. The highest BCUT2D eigenvalue weighted by atomic mass is 16.5. The molecule has 122 valence electrons. The maximum Gasteiger partial charge on any atom is 0.191 e. The number of rotatable bonds is 5. The van der Waals surface area contributed by atoms with Crippen molar-refractivity contribution in [3.8, 4) is 0 Å². The average molecular weight is 295 g/mol. The zero-order valence-corrected chi connectivity index (χ0v) is 14.2. The molecule has 0 unspecified atom stereocenters. The Hall–Kier alpha value is -0.770. The van der Waals surface area contributed by atoms with E-state index in [0.29, 0.717) is 6.04 Å². The molecular weight excluding hydrogens is 262 g/mol. The van der Waals surface area contributed by atoms with Crippen molar-refractivity contribution >= 4 is 5.96 Å². The predicted octanol–water partition coefficient (Wildman–Crippen LogP) is 2.79. The minimum atomic E-state index is 0.248. The number of ether oxygens (including phenoxy) is 1. The lowest BCUT2D eigenvalue weighted by Crippen LogP contribution is -2.47. The Morgan fingerprint density at radius 3 is 2.38 bits per heavy atom. The molecule has 2 rings (SSSR count). The molecule has 0 bridgehead atoms. The van der Waals surface area contributed by atoms with Gasteiger partial charge in [0.15, 0.2) is 5.96 Å². The van der Waals surface area contributed by atoms with Crippen molar-refractivity contribution < 1.29 is 4.74 Å². The van der Waals surface area contributed by atoms with Gasteiger partial charge in [-0.2, -0.15) is 0 Å². The highest BCUT2D eigenvalue weighted by Crippen LogP contribution is 2.30. The summed E-state index contributed by atoms with van der Waals surface area (Å²) >= 11 is 0. The predicted molar refractivity (Wildman–Crippen MR) is 88.6 cm³/mol. The summed E-state index contributed by atoms with van der Waals surface area (Å²) in [6, 6.07) is 0.586. The Labute approximate surface area is 130 Å². The average Bonchev–Trinajstić information content (AvgIpc) is 2.43. The van der Waals surface area contributed by atoms with Crippen LogP contribution in [0.5, 0.6) is 0 Å². The van der Waals surface area contributed by atoms with E-state index in [4.69, 9.17) is 9.73 Å². The van der Waals surface area contributed by atoms with Gasteiger partial charge in [0.25, 0.3) is 0 Å². The van der Waals surface area contributed by atoms with Crippen LogP contribution < -0.4 is 10.6 Å². The topological polar surface area (TPSA) is 45.7 Å². The molecule has 1 aliphatic heterocycles. The molecule has 2 aliphatic rings. The van der Waals surface area contributed by atoms with Gasteiger partial charge in [-0.15, -0.1) is 0 Å². The first-order valence-electron chi connectivity index (χ1n) is 8.65. The Balaban J connectivity index is 1.81. The number of hydrogen-bond acceptors (Lipinski definition) is 2. The molecule has 0 amide bonds. The molecule has 2 fully saturated rings. The lowest BCUT2D eigenvalue weighted by atomic mass is 9.80. The van der Waals surface area contributed by atoms with Crippen molar-refractivity contribution in [3.05, 3.63) is 0 Å². The first-order chi connectivity index (χ1) is 10.0. The lowest BCUT2D eigenvalue weighted by Gasteiger charge is -2.37. The second-order valence-electron chi connectivity index (χ2n) is 7.50. The van der Waals surface area contributed by atoms with E-state index < -0.39 is 0 Å². The fraction of sp³-hybridized carbons (Fsp3) is 0.941. The normalized spacial score (nSPS) is 29.1. The van der Waals surface area contributed by atoms with Crippen molar-refractivity contribution in [1.29, 1.82) is 0 Å². The van der Waals surface area contributed by atoms with E-state index in [1.165, 1.54) is 25.7 Å². The van der Waals surface area contributed by atoms with Crippen molar-refractivity contribution in [2.45, 2.75) is 59.4 Å². The van der Waals surface area contributed by atoms with Crippen molar-refractivity contribution in [2.75, 3.05) is 26.3 Å². The standard InChI is InChI=1S/C17H33N3O/c1-5-18-16(19-10-17(4)11-21-12-17)20-15-8-6-14(7-9-15)13(2)3/h13-15H,5-12H2,1-4H3,(H2,18,19,20). The van der Waals surface area contributed by atoms with Crippen LogP contribution in [0.1, 0.15) is 53.4 Å². The maximum atomic E-state index is 5.30. The summed E-state index contributed by atoms with van der Waals surface area (Å²) in [6.45, 7) is 12.5.